The van der Waals surface area contributed by atoms with Crippen LogP contribution in [0, 0.1) is 17.3 Å². The molecule has 6 aromatic rings. The Morgan fingerprint density at radius 1 is 1.07 bits per heavy atom. The minimum atomic E-state index is -2.25. The van der Waals surface area contributed by atoms with Crippen molar-refractivity contribution in [2.75, 3.05) is 50.9 Å². The number of hydrogen-bond acceptors (Lipinski definition) is 9. The molecule has 318 valence electrons. The molecule has 0 spiro atoms. The van der Waals surface area contributed by atoms with Gasteiger partial charge in [0, 0.05) is 49.9 Å². The zero-order valence-electron chi connectivity index (χ0n) is 36.3. The maximum absolute atomic E-state index is 16.5. The highest BCUT2D eigenvalue weighted by Gasteiger charge is 2.49. The zero-order chi connectivity index (χ0) is 42.5. The Morgan fingerprint density at radius 3 is 2.58 bits per heavy atom. The van der Waals surface area contributed by atoms with Crippen molar-refractivity contribution in [2.24, 2.45) is 14.1 Å². The average molecular weight is 838 g/mol. The molecule has 3 fully saturated rings. The van der Waals surface area contributed by atoms with Gasteiger partial charge in [0.05, 0.1) is 59.0 Å². The molecule has 0 saturated carbocycles. The second-order valence-corrected chi connectivity index (χ2v) is 24.4. The van der Waals surface area contributed by atoms with Crippen molar-refractivity contribution >= 4 is 57.6 Å². The van der Waals surface area contributed by atoms with Crippen LogP contribution in [0.3, 0.4) is 0 Å². The Bertz CT molecular complexity index is 2690. The second-order valence-electron chi connectivity index (χ2n) is 18.8. The molecule has 3 saturated heterocycles. The van der Waals surface area contributed by atoms with E-state index < -0.39 is 25.4 Å². The average Bonchev–Trinajstić information content (AvgIpc) is 3.98. The first-order valence-electron chi connectivity index (χ1n) is 21.5. The van der Waals surface area contributed by atoms with Crippen molar-refractivity contribution in [1.82, 2.24) is 39.4 Å². The minimum Gasteiger partial charge on any atom is -0.461 e. The Labute approximate surface area is 350 Å². The molecule has 2 aromatic carbocycles. The summed E-state index contributed by atoms with van der Waals surface area (Å²) in [6.07, 6.45) is 3.16. The van der Waals surface area contributed by atoms with Gasteiger partial charge in [-0.2, -0.15) is 20.2 Å². The zero-order valence-corrected chi connectivity index (χ0v) is 37.3. The van der Waals surface area contributed by atoms with E-state index in [4.69, 9.17) is 24.5 Å². The fourth-order valence-corrected chi connectivity index (χ4v) is 16.4. The van der Waals surface area contributed by atoms with Crippen molar-refractivity contribution < 1.29 is 23.4 Å². The molecule has 2 N–H and O–H groups in total. The largest absolute Gasteiger partial charge is 0.461 e. The van der Waals surface area contributed by atoms with Gasteiger partial charge in [0.15, 0.2) is 5.65 Å². The molecule has 7 heterocycles. The van der Waals surface area contributed by atoms with Crippen LogP contribution in [0.2, 0.25) is 16.6 Å². The van der Waals surface area contributed by atoms with E-state index >= 15 is 4.39 Å². The number of halogens is 2. The Kier molecular flexibility index (Phi) is 10.0. The van der Waals surface area contributed by atoms with E-state index in [0.717, 1.165) is 57.7 Å². The van der Waals surface area contributed by atoms with Crippen LogP contribution in [-0.2, 0) is 18.8 Å². The van der Waals surface area contributed by atoms with Crippen LogP contribution in [0.15, 0.2) is 24.4 Å². The van der Waals surface area contributed by atoms with Crippen molar-refractivity contribution in [2.45, 2.75) is 102 Å². The topological polar surface area (TPSA) is 122 Å². The number of benzene rings is 2. The first kappa shape index (κ1) is 40.8. The number of β-amino-alcohol motifs (C(OH)–C–C–N with tert-alkyl or cyclic N) is 1. The summed E-state index contributed by atoms with van der Waals surface area (Å²) in [5, 5.41) is 27.3. The molecule has 3 atom stereocenters. The molecule has 3 aliphatic heterocycles. The van der Waals surface area contributed by atoms with Crippen molar-refractivity contribution in [3.63, 3.8) is 0 Å². The van der Waals surface area contributed by atoms with Gasteiger partial charge in [0.2, 0.25) is 0 Å². The van der Waals surface area contributed by atoms with Crippen molar-refractivity contribution in [3.05, 3.63) is 35.8 Å². The molecule has 0 amide bonds. The van der Waals surface area contributed by atoms with Gasteiger partial charge in [-0.25, -0.2) is 8.78 Å². The SMILES string of the molecule is CC(C)[Si](C#Cc1c(F)ccc2cc3[nH]ncc3c(-c3nn(C)c4c5c(N6CCOC[C@@](C)(O)C6)nc(OC[C@@]67CCCN6C[C@H](F)C7)nc5n(C)c34)c12)(C(C)C)C(C)C. The highest BCUT2D eigenvalue weighted by Crippen LogP contribution is 2.46. The number of anilines is 1. The van der Waals surface area contributed by atoms with E-state index in [9.17, 15) is 9.50 Å². The van der Waals surface area contributed by atoms with Crippen LogP contribution in [0.4, 0.5) is 14.6 Å². The molecule has 12 nitrogen and oxygen atoms in total. The first-order valence-corrected chi connectivity index (χ1v) is 23.7. The summed E-state index contributed by atoms with van der Waals surface area (Å²) in [7, 11) is 1.60. The van der Waals surface area contributed by atoms with E-state index in [1.165, 1.54) is 6.07 Å². The Balaban J connectivity index is 1.30. The summed E-state index contributed by atoms with van der Waals surface area (Å²) in [6, 6.07) is 5.51. The fraction of sp³-hybridized carbons (Fsp3) is 0.556. The molecular weight excluding hydrogens is 781 g/mol. The van der Waals surface area contributed by atoms with E-state index in [1.807, 2.05) is 34.3 Å². The lowest BCUT2D eigenvalue weighted by molar-refractivity contribution is -0.0123. The second kappa shape index (κ2) is 14.8. The van der Waals surface area contributed by atoms with Gasteiger partial charge < -0.3 is 24.0 Å². The standard InChI is InChI=1S/C45H57F2N9O3Si/c1-26(2)60(27(3)4,28(5)6)18-13-31-33(47)12-11-29-19-34-32(21-48-51-34)36(35(29)31)38-40-39(54(9)52-38)37-41(53(40)8)49-43(50-42(37)55-16-17-58-24-44(7,57)23-55)59-25-45-14-10-15-56(45)22-30(46)20-45/h11-12,19,21,26-28,30,57H,10,14-17,20,22-25H2,1-9H3,(H,48,51)/t30-,44+,45+/m1/s1. The third-order valence-corrected chi connectivity index (χ3v) is 20.2. The monoisotopic (exact) mass is 837 g/mol. The summed E-state index contributed by atoms with van der Waals surface area (Å²) < 4.78 is 47.6. The number of alkyl halides is 1. The fourth-order valence-electron chi connectivity index (χ4n) is 11.2. The van der Waals surface area contributed by atoms with E-state index in [2.05, 4.69) is 68.1 Å². The Hall–Kier alpha value is -4.62. The number of aromatic nitrogens is 7. The van der Waals surface area contributed by atoms with Crippen LogP contribution in [-0.4, -0.2) is 116 Å². The van der Waals surface area contributed by atoms with E-state index in [0.29, 0.717) is 70.8 Å². The highest BCUT2D eigenvalue weighted by atomic mass is 28.3. The van der Waals surface area contributed by atoms with Crippen LogP contribution in [0.25, 0.3) is 55.0 Å². The van der Waals surface area contributed by atoms with Crippen LogP contribution in [0.1, 0.15) is 73.3 Å². The van der Waals surface area contributed by atoms with Gasteiger partial charge >= 0.3 is 6.01 Å². The lowest BCUT2D eigenvalue weighted by atomic mass is 9.94. The number of fused-ring (bicyclic) bond motifs is 6. The molecular formula is C45H57F2N9O3Si. The molecule has 9 rings (SSSR count). The van der Waals surface area contributed by atoms with Crippen molar-refractivity contribution in [3.8, 4) is 28.7 Å². The summed E-state index contributed by atoms with van der Waals surface area (Å²) in [4.78, 5) is 14.4. The van der Waals surface area contributed by atoms with Gasteiger partial charge in [-0.15, -0.1) is 5.54 Å². The number of hydrogen-bond donors (Lipinski definition) is 2. The number of aryl methyl sites for hydroxylation is 2. The molecule has 0 aliphatic carbocycles. The lowest BCUT2D eigenvalue weighted by Crippen LogP contribution is -2.44. The minimum absolute atomic E-state index is 0.182. The number of nitrogens with zero attached hydrogens (tertiary/aromatic N) is 8. The molecule has 15 heteroatoms. The summed E-state index contributed by atoms with van der Waals surface area (Å²) in [5.41, 5.74) is 7.99. The highest BCUT2D eigenvalue weighted by molar-refractivity contribution is 6.90. The molecule has 60 heavy (non-hydrogen) atoms. The first-order chi connectivity index (χ1) is 28.5. The van der Waals surface area contributed by atoms with Crippen LogP contribution < -0.4 is 9.64 Å². The number of aromatic amines is 1. The maximum atomic E-state index is 16.5. The smallest absolute Gasteiger partial charge is 0.320 e. The molecule has 0 unspecified atom stereocenters. The summed E-state index contributed by atoms with van der Waals surface area (Å²) in [5.74, 6) is 3.69. The molecule has 3 aliphatic rings. The third-order valence-electron chi connectivity index (χ3n) is 13.9. The third kappa shape index (κ3) is 6.39. The number of ether oxygens (including phenoxy) is 2. The van der Waals surface area contributed by atoms with Gasteiger partial charge in [0.1, 0.15) is 43.8 Å². The summed E-state index contributed by atoms with van der Waals surface area (Å²) in [6.45, 7) is 18.2. The number of H-pyrrole nitrogens is 1. The maximum Gasteiger partial charge on any atom is 0.320 e. The summed E-state index contributed by atoms with van der Waals surface area (Å²) >= 11 is 0. The molecule has 0 bridgehead atoms. The van der Waals surface area contributed by atoms with Crippen molar-refractivity contribution in [1.29, 1.82) is 0 Å². The lowest BCUT2D eigenvalue weighted by Gasteiger charge is -2.38. The van der Waals surface area contributed by atoms with Gasteiger partial charge in [-0.05, 0) is 60.5 Å². The van der Waals surface area contributed by atoms with E-state index in [1.54, 1.807) is 19.2 Å². The molecule has 0 radical (unpaired) electrons. The van der Waals surface area contributed by atoms with Crippen LogP contribution in [0.5, 0.6) is 6.01 Å². The van der Waals surface area contributed by atoms with E-state index in [-0.39, 0.29) is 31.6 Å². The Morgan fingerprint density at radius 2 is 1.83 bits per heavy atom. The number of rotatable bonds is 8. The number of nitrogens with one attached hydrogen (secondary N) is 1. The van der Waals surface area contributed by atoms with Gasteiger partial charge in [-0.3, -0.25) is 14.7 Å². The quantitative estimate of drug-likeness (QED) is 0.117. The van der Waals surface area contributed by atoms with Crippen LogP contribution >= 0.6 is 0 Å². The number of aliphatic hydroxyl groups is 1. The normalized spacial score (nSPS) is 22.9. The van der Waals surface area contributed by atoms with Gasteiger partial charge in [0.25, 0.3) is 0 Å². The predicted molar refractivity (Wildman–Crippen MR) is 235 cm³/mol. The predicted octanol–water partition coefficient (Wildman–Crippen LogP) is 7.80. The van der Waals surface area contributed by atoms with Gasteiger partial charge in [-0.1, -0.05) is 53.5 Å². The molecule has 4 aromatic heterocycles.